The highest BCUT2D eigenvalue weighted by Crippen LogP contribution is 2.32. The zero-order valence-corrected chi connectivity index (χ0v) is 11.1. The van der Waals surface area contributed by atoms with Crippen LogP contribution >= 0.6 is 0 Å². The van der Waals surface area contributed by atoms with Crippen LogP contribution in [-0.2, 0) is 11.0 Å². The molecule has 0 aliphatic carbocycles. The molecule has 1 aromatic heterocycles. The van der Waals surface area contributed by atoms with Crippen molar-refractivity contribution in [1.29, 1.82) is 0 Å². The number of alkyl halides is 3. The lowest BCUT2D eigenvalue weighted by atomic mass is 9.94. The van der Waals surface area contributed by atoms with Crippen LogP contribution in [0.15, 0.2) is 6.07 Å². The molecule has 9 heteroatoms. The van der Waals surface area contributed by atoms with Crippen molar-refractivity contribution in [2.24, 2.45) is 0 Å². The first kappa shape index (κ1) is 15.5. The molecule has 0 radical (unpaired) electrons. The number of likely N-dealkylation sites (tertiary alicyclic amines) is 1. The molecular formula is C12H15F3N4O2. The summed E-state index contributed by atoms with van der Waals surface area (Å²) in [6.45, 7) is 0.0716. The number of hydrogen-bond donors (Lipinski definition) is 2. The number of carbonyl (C=O) groups is 1. The van der Waals surface area contributed by atoms with E-state index in [-0.39, 0.29) is 18.2 Å². The average molecular weight is 304 g/mol. The molecule has 1 aromatic rings. The fourth-order valence-electron chi connectivity index (χ4n) is 2.38. The third-order valence-electron chi connectivity index (χ3n) is 3.38. The molecule has 6 nitrogen and oxygen atoms in total. The number of carbonyl (C=O) groups excluding carboxylic acids is 1. The molecule has 1 aliphatic heterocycles. The molecule has 1 aliphatic rings. The molecule has 2 rings (SSSR count). The summed E-state index contributed by atoms with van der Waals surface area (Å²) in [5, 5.41) is 8.85. The van der Waals surface area contributed by atoms with Crippen LogP contribution < -0.4 is 5.73 Å². The summed E-state index contributed by atoms with van der Waals surface area (Å²) in [4.78, 5) is 19.9. The third-order valence-corrected chi connectivity index (χ3v) is 3.38. The van der Waals surface area contributed by atoms with Crippen molar-refractivity contribution in [1.82, 2.24) is 14.9 Å². The van der Waals surface area contributed by atoms with Gasteiger partial charge in [0.1, 0.15) is 12.3 Å². The fraction of sp³-hybridized carbons (Fsp3) is 0.583. The number of rotatable bonds is 2. The Morgan fingerprint density at radius 3 is 2.81 bits per heavy atom. The summed E-state index contributed by atoms with van der Waals surface area (Å²) in [7, 11) is 0. The van der Waals surface area contributed by atoms with Crippen molar-refractivity contribution in [3.8, 4) is 0 Å². The Balaban J connectivity index is 2.25. The molecule has 0 bridgehead atoms. The average Bonchev–Trinajstić information content (AvgIpc) is 2.45. The van der Waals surface area contributed by atoms with Crippen LogP contribution in [0.25, 0.3) is 0 Å². The van der Waals surface area contributed by atoms with Crippen LogP contribution in [0.1, 0.15) is 30.1 Å². The Morgan fingerprint density at radius 1 is 1.48 bits per heavy atom. The maximum atomic E-state index is 12.7. The summed E-state index contributed by atoms with van der Waals surface area (Å²) >= 11 is 0. The van der Waals surface area contributed by atoms with E-state index in [2.05, 4.69) is 9.97 Å². The maximum Gasteiger partial charge on any atom is 0.433 e. The molecule has 0 spiro atoms. The van der Waals surface area contributed by atoms with Crippen molar-refractivity contribution in [3.63, 3.8) is 0 Å². The van der Waals surface area contributed by atoms with E-state index >= 15 is 0 Å². The Labute approximate surface area is 118 Å². The molecule has 0 aromatic carbocycles. The van der Waals surface area contributed by atoms with Gasteiger partial charge in [-0.25, -0.2) is 9.97 Å². The van der Waals surface area contributed by atoms with E-state index in [1.165, 1.54) is 4.90 Å². The van der Waals surface area contributed by atoms with E-state index in [0.717, 1.165) is 6.07 Å². The first-order valence-electron chi connectivity index (χ1n) is 6.41. The van der Waals surface area contributed by atoms with Crippen LogP contribution in [0, 0.1) is 0 Å². The highest BCUT2D eigenvalue weighted by atomic mass is 19.4. The van der Waals surface area contributed by atoms with Gasteiger partial charge >= 0.3 is 6.18 Å². The van der Waals surface area contributed by atoms with Crippen molar-refractivity contribution < 1.29 is 23.1 Å². The number of amides is 1. The van der Waals surface area contributed by atoms with Gasteiger partial charge in [-0.2, -0.15) is 13.2 Å². The number of aromatic nitrogens is 2. The lowest BCUT2D eigenvalue weighted by molar-refractivity contribution is -0.141. The number of aliphatic hydroxyl groups excluding tert-OH is 1. The highest BCUT2D eigenvalue weighted by Gasteiger charge is 2.35. The monoisotopic (exact) mass is 304 g/mol. The van der Waals surface area contributed by atoms with Gasteiger partial charge in [-0.05, 0) is 18.9 Å². The SMILES string of the molecule is Nc1nc([C@@H]2CCCN(C(=O)CO)C2)cc(C(F)(F)F)n1. The minimum absolute atomic E-state index is 0.172. The van der Waals surface area contributed by atoms with Gasteiger partial charge in [0, 0.05) is 19.0 Å². The number of halogens is 3. The van der Waals surface area contributed by atoms with Crippen LogP contribution in [0.4, 0.5) is 19.1 Å². The van der Waals surface area contributed by atoms with Crippen LogP contribution in [-0.4, -0.2) is 45.6 Å². The van der Waals surface area contributed by atoms with Gasteiger partial charge in [-0.15, -0.1) is 0 Å². The number of nitrogens with two attached hydrogens (primary N) is 1. The molecule has 1 atom stereocenters. The molecule has 1 amide bonds. The van der Waals surface area contributed by atoms with E-state index in [1.807, 2.05) is 0 Å². The summed E-state index contributed by atoms with van der Waals surface area (Å²) in [5.41, 5.74) is 4.42. The Morgan fingerprint density at radius 2 is 2.19 bits per heavy atom. The first-order chi connectivity index (χ1) is 9.81. The van der Waals surface area contributed by atoms with E-state index in [4.69, 9.17) is 10.8 Å². The van der Waals surface area contributed by atoms with Crippen molar-refractivity contribution in [3.05, 3.63) is 17.5 Å². The quantitative estimate of drug-likeness (QED) is 0.842. The summed E-state index contributed by atoms with van der Waals surface area (Å²) in [5.74, 6) is -1.23. The van der Waals surface area contributed by atoms with Crippen LogP contribution in [0.3, 0.4) is 0 Å². The summed E-state index contributed by atoms with van der Waals surface area (Å²) < 4.78 is 38.2. The van der Waals surface area contributed by atoms with Crippen molar-refractivity contribution in [2.45, 2.75) is 24.9 Å². The maximum absolute atomic E-state index is 12.7. The predicted molar refractivity (Wildman–Crippen MR) is 67.1 cm³/mol. The molecule has 116 valence electrons. The van der Waals surface area contributed by atoms with Gasteiger partial charge in [0.2, 0.25) is 11.9 Å². The number of anilines is 1. The van der Waals surface area contributed by atoms with Gasteiger partial charge < -0.3 is 15.7 Å². The van der Waals surface area contributed by atoms with E-state index in [9.17, 15) is 18.0 Å². The standard InChI is InChI=1S/C12H15F3N4O2/c13-12(14,15)9-4-8(17-11(16)18-9)7-2-1-3-19(5-7)10(21)6-20/h4,7,20H,1-3,5-6H2,(H2,16,17,18)/t7-/m1/s1. The molecule has 1 saturated heterocycles. The van der Waals surface area contributed by atoms with Crippen molar-refractivity contribution in [2.75, 3.05) is 25.4 Å². The van der Waals surface area contributed by atoms with Gasteiger partial charge in [0.25, 0.3) is 0 Å². The summed E-state index contributed by atoms with van der Waals surface area (Å²) in [6.07, 6.45) is -3.37. The number of nitrogens with zero attached hydrogens (tertiary/aromatic N) is 3. The molecule has 3 N–H and O–H groups in total. The van der Waals surface area contributed by atoms with Crippen LogP contribution in [0.5, 0.6) is 0 Å². The van der Waals surface area contributed by atoms with Crippen molar-refractivity contribution >= 4 is 11.9 Å². The van der Waals surface area contributed by atoms with E-state index in [1.54, 1.807) is 0 Å². The molecule has 0 unspecified atom stereocenters. The zero-order chi connectivity index (χ0) is 15.6. The minimum Gasteiger partial charge on any atom is -0.387 e. The second-order valence-electron chi connectivity index (χ2n) is 4.87. The lowest BCUT2D eigenvalue weighted by Crippen LogP contribution is -2.40. The zero-order valence-electron chi connectivity index (χ0n) is 11.1. The predicted octanol–water partition coefficient (Wildman–Crippen LogP) is 0.776. The van der Waals surface area contributed by atoms with Gasteiger partial charge in [-0.1, -0.05) is 0 Å². The number of piperidine rings is 1. The van der Waals surface area contributed by atoms with Gasteiger partial charge in [0.15, 0.2) is 0 Å². The highest BCUT2D eigenvalue weighted by molar-refractivity contribution is 5.77. The smallest absolute Gasteiger partial charge is 0.387 e. The fourth-order valence-corrected chi connectivity index (χ4v) is 2.38. The number of aliphatic hydroxyl groups is 1. The van der Waals surface area contributed by atoms with E-state index in [0.29, 0.717) is 19.4 Å². The van der Waals surface area contributed by atoms with Gasteiger partial charge in [-0.3, -0.25) is 4.79 Å². The Hall–Kier alpha value is -1.90. The molecule has 0 saturated carbocycles. The van der Waals surface area contributed by atoms with Gasteiger partial charge in [0.05, 0.1) is 5.69 Å². The topological polar surface area (TPSA) is 92.3 Å². The number of nitrogen functional groups attached to an aromatic ring is 1. The molecular weight excluding hydrogens is 289 g/mol. The molecule has 1 fully saturated rings. The third kappa shape index (κ3) is 3.60. The van der Waals surface area contributed by atoms with Crippen LogP contribution in [0.2, 0.25) is 0 Å². The second kappa shape index (κ2) is 5.84. The number of hydrogen-bond acceptors (Lipinski definition) is 5. The minimum atomic E-state index is -4.60. The first-order valence-corrected chi connectivity index (χ1v) is 6.41. The normalized spacial score (nSPS) is 19.6. The lowest BCUT2D eigenvalue weighted by Gasteiger charge is -2.32. The van der Waals surface area contributed by atoms with E-state index < -0.39 is 30.3 Å². The second-order valence-corrected chi connectivity index (χ2v) is 4.87. The molecule has 21 heavy (non-hydrogen) atoms. The summed E-state index contributed by atoms with van der Waals surface area (Å²) in [6, 6.07) is 0.869. The Kier molecular flexibility index (Phi) is 4.31. The largest absolute Gasteiger partial charge is 0.433 e. The Bertz CT molecular complexity index is 536. The molecule has 2 heterocycles.